The van der Waals surface area contributed by atoms with Gasteiger partial charge < -0.3 is 14.6 Å². The Hall–Kier alpha value is -2.49. The van der Waals surface area contributed by atoms with Gasteiger partial charge in [0.25, 0.3) is 0 Å². The maximum atomic E-state index is 11.9. The molecule has 1 N–H and O–H groups in total. The van der Waals surface area contributed by atoms with Gasteiger partial charge in [-0.3, -0.25) is 4.79 Å². The topological polar surface area (TPSA) is 55.8 Å². The summed E-state index contributed by atoms with van der Waals surface area (Å²) in [4.78, 5) is 11.9. The maximum absolute atomic E-state index is 11.9. The molecule has 0 bridgehead atoms. The fourth-order valence-electron chi connectivity index (χ4n) is 2.93. The molecule has 0 saturated carbocycles. The Kier molecular flexibility index (Phi) is 5.85. The molecule has 0 heterocycles. The van der Waals surface area contributed by atoms with Crippen LogP contribution in [0.4, 0.5) is 0 Å². The normalized spacial score (nSPS) is 11.8. The van der Waals surface area contributed by atoms with E-state index in [2.05, 4.69) is 6.92 Å². The zero-order chi connectivity index (χ0) is 17.7. The van der Waals surface area contributed by atoms with Gasteiger partial charge in [-0.2, -0.15) is 0 Å². The largest absolute Gasteiger partial charge is 0.496 e. The average Bonchev–Trinajstić information content (AvgIpc) is 2.59. The first-order valence-electron chi connectivity index (χ1n) is 8.03. The summed E-state index contributed by atoms with van der Waals surface area (Å²) in [6.45, 7) is 4.00. The SMILES string of the molecule is CCc1cc(CC(C(=O)O)c2cc(C)ccc2OC)ccc1OC. The molecule has 0 aliphatic heterocycles. The minimum Gasteiger partial charge on any atom is -0.496 e. The molecule has 1 atom stereocenters. The van der Waals surface area contributed by atoms with Gasteiger partial charge in [-0.1, -0.05) is 36.8 Å². The first-order chi connectivity index (χ1) is 11.5. The second-order valence-corrected chi connectivity index (χ2v) is 5.84. The molecule has 0 radical (unpaired) electrons. The lowest BCUT2D eigenvalue weighted by molar-refractivity contribution is -0.138. The van der Waals surface area contributed by atoms with Crippen molar-refractivity contribution in [2.45, 2.75) is 32.6 Å². The molecule has 0 fully saturated rings. The minimum atomic E-state index is -0.854. The fraction of sp³-hybridized carbons (Fsp3) is 0.350. The van der Waals surface area contributed by atoms with E-state index in [1.54, 1.807) is 14.2 Å². The lowest BCUT2D eigenvalue weighted by Crippen LogP contribution is -2.16. The number of carboxylic acid groups (broad SMARTS) is 1. The van der Waals surface area contributed by atoms with Crippen LogP contribution in [0, 0.1) is 6.92 Å². The molecule has 2 aromatic rings. The highest BCUT2D eigenvalue weighted by Gasteiger charge is 2.24. The zero-order valence-corrected chi connectivity index (χ0v) is 14.6. The van der Waals surface area contributed by atoms with E-state index in [1.807, 2.05) is 43.3 Å². The number of ether oxygens (including phenoxy) is 2. The monoisotopic (exact) mass is 328 g/mol. The molecule has 2 rings (SSSR count). The summed E-state index contributed by atoms with van der Waals surface area (Å²) in [5.41, 5.74) is 3.78. The van der Waals surface area contributed by atoms with Crippen molar-refractivity contribution in [1.82, 2.24) is 0 Å². The molecule has 2 aromatic carbocycles. The molecular formula is C20H24O4. The number of carboxylic acids is 1. The summed E-state index contributed by atoms with van der Waals surface area (Å²) in [6.07, 6.45) is 1.24. The van der Waals surface area contributed by atoms with Crippen molar-refractivity contribution in [2.75, 3.05) is 14.2 Å². The van der Waals surface area contributed by atoms with Gasteiger partial charge in [-0.05, 0) is 43.0 Å². The Morgan fingerprint density at radius 3 is 2.33 bits per heavy atom. The van der Waals surface area contributed by atoms with E-state index in [0.29, 0.717) is 17.7 Å². The zero-order valence-electron chi connectivity index (χ0n) is 14.6. The van der Waals surface area contributed by atoms with Crippen LogP contribution in [0.25, 0.3) is 0 Å². The van der Waals surface area contributed by atoms with Crippen LogP contribution < -0.4 is 9.47 Å². The average molecular weight is 328 g/mol. The number of hydrogen-bond donors (Lipinski definition) is 1. The van der Waals surface area contributed by atoms with Crippen LogP contribution >= 0.6 is 0 Å². The minimum absolute atomic E-state index is 0.409. The van der Waals surface area contributed by atoms with Crippen LogP contribution in [0.5, 0.6) is 11.5 Å². The Balaban J connectivity index is 2.40. The highest BCUT2D eigenvalue weighted by atomic mass is 16.5. The van der Waals surface area contributed by atoms with Crippen molar-refractivity contribution < 1.29 is 19.4 Å². The molecule has 0 aromatic heterocycles. The number of rotatable bonds is 7. The Bertz CT molecular complexity index is 722. The first-order valence-corrected chi connectivity index (χ1v) is 8.03. The quantitative estimate of drug-likeness (QED) is 0.835. The summed E-state index contributed by atoms with van der Waals surface area (Å²) < 4.78 is 10.7. The molecule has 0 aliphatic carbocycles. The summed E-state index contributed by atoms with van der Waals surface area (Å²) in [5.74, 6) is -0.0656. The van der Waals surface area contributed by atoms with Gasteiger partial charge >= 0.3 is 5.97 Å². The van der Waals surface area contributed by atoms with Crippen molar-refractivity contribution in [3.05, 3.63) is 58.7 Å². The smallest absolute Gasteiger partial charge is 0.311 e. The Morgan fingerprint density at radius 2 is 1.75 bits per heavy atom. The van der Waals surface area contributed by atoms with Crippen molar-refractivity contribution in [1.29, 1.82) is 0 Å². The molecular weight excluding hydrogens is 304 g/mol. The Labute approximate surface area is 143 Å². The highest BCUT2D eigenvalue weighted by molar-refractivity contribution is 5.78. The number of benzene rings is 2. The lowest BCUT2D eigenvalue weighted by Gasteiger charge is -2.18. The van der Waals surface area contributed by atoms with Crippen LogP contribution in [0.3, 0.4) is 0 Å². The third kappa shape index (κ3) is 3.88. The standard InChI is InChI=1S/C20H24O4/c1-5-15-11-14(7-9-18(15)23-3)12-17(20(21)22)16-10-13(2)6-8-19(16)24-4/h6-11,17H,5,12H2,1-4H3,(H,21,22). The molecule has 0 amide bonds. The van der Waals surface area contributed by atoms with Gasteiger partial charge in [0, 0.05) is 5.56 Å². The maximum Gasteiger partial charge on any atom is 0.311 e. The second-order valence-electron chi connectivity index (χ2n) is 5.84. The van der Waals surface area contributed by atoms with Gasteiger partial charge in [-0.15, -0.1) is 0 Å². The summed E-state index contributed by atoms with van der Waals surface area (Å²) >= 11 is 0. The lowest BCUT2D eigenvalue weighted by atomic mass is 9.89. The first kappa shape index (κ1) is 17.9. The number of aryl methyl sites for hydroxylation is 2. The van der Waals surface area contributed by atoms with Crippen molar-refractivity contribution in [3.8, 4) is 11.5 Å². The van der Waals surface area contributed by atoms with E-state index in [9.17, 15) is 9.90 Å². The van der Waals surface area contributed by atoms with Crippen molar-refractivity contribution in [2.24, 2.45) is 0 Å². The van der Waals surface area contributed by atoms with Crippen molar-refractivity contribution in [3.63, 3.8) is 0 Å². The predicted octanol–water partition coefficient (Wildman–Crippen LogP) is 3.99. The van der Waals surface area contributed by atoms with Gasteiger partial charge in [0.15, 0.2) is 0 Å². The summed E-state index contributed by atoms with van der Waals surface area (Å²) in [6, 6.07) is 11.5. The van der Waals surface area contributed by atoms with Gasteiger partial charge in [0.2, 0.25) is 0 Å². The van der Waals surface area contributed by atoms with E-state index in [1.165, 1.54) is 0 Å². The van der Waals surface area contributed by atoms with Crippen LogP contribution in [-0.4, -0.2) is 25.3 Å². The van der Waals surface area contributed by atoms with E-state index >= 15 is 0 Å². The molecule has 0 aliphatic rings. The van der Waals surface area contributed by atoms with Crippen LogP contribution in [0.1, 0.15) is 35.1 Å². The van der Waals surface area contributed by atoms with E-state index in [0.717, 1.165) is 28.9 Å². The fourth-order valence-corrected chi connectivity index (χ4v) is 2.93. The molecule has 1 unspecified atom stereocenters. The molecule has 128 valence electrons. The third-order valence-corrected chi connectivity index (χ3v) is 4.22. The van der Waals surface area contributed by atoms with Crippen LogP contribution in [0.15, 0.2) is 36.4 Å². The molecule has 24 heavy (non-hydrogen) atoms. The van der Waals surface area contributed by atoms with E-state index < -0.39 is 11.9 Å². The van der Waals surface area contributed by atoms with E-state index in [4.69, 9.17) is 9.47 Å². The second kappa shape index (κ2) is 7.86. The Morgan fingerprint density at radius 1 is 1.08 bits per heavy atom. The molecule has 4 nitrogen and oxygen atoms in total. The number of methoxy groups -OCH3 is 2. The van der Waals surface area contributed by atoms with Gasteiger partial charge in [0.05, 0.1) is 20.1 Å². The van der Waals surface area contributed by atoms with Gasteiger partial charge in [-0.25, -0.2) is 0 Å². The predicted molar refractivity (Wildman–Crippen MR) is 94.2 cm³/mol. The van der Waals surface area contributed by atoms with Crippen LogP contribution in [0.2, 0.25) is 0 Å². The highest BCUT2D eigenvalue weighted by Crippen LogP contribution is 2.32. The third-order valence-electron chi connectivity index (χ3n) is 4.22. The number of aliphatic carboxylic acids is 1. The summed E-state index contributed by atoms with van der Waals surface area (Å²) in [7, 11) is 3.21. The van der Waals surface area contributed by atoms with Gasteiger partial charge in [0.1, 0.15) is 11.5 Å². The summed E-state index contributed by atoms with van der Waals surface area (Å²) in [5, 5.41) is 9.75. The molecule has 0 saturated heterocycles. The molecule has 0 spiro atoms. The molecule has 4 heteroatoms. The van der Waals surface area contributed by atoms with E-state index in [-0.39, 0.29) is 0 Å². The van der Waals surface area contributed by atoms with Crippen LogP contribution in [-0.2, 0) is 17.6 Å². The number of carbonyl (C=O) groups is 1. The van der Waals surface area contributed by atoms with Crippen molar-refractivity contribution >= 4 is 5.97 Å². The number of hydrogen-bond acceptors (Lipinski definition) is 3.